The summed E-state index contributed by atoms with van der Waals surface area (Å²) in [5.41, 5.74) is 0.520. The molecule has 0 aliphatic carbocycles. The van der Waals surface area contributed by atoms with E-state index in [4.69, 9.17) is 10.2 Å². The first kappa shape index (κ1) is 16.4. The summed E-state index contributed by atoms with van der Waals surface area (Å²) in [5, 5.41) is 19.6. The van der Waals surface area contributed by atoms with Crippen LogP contribution < -0.4 is 0 Å². The second kappa shape index (κ2) is 6.87. The average molecular weight is 312 g/mol. The predicted molar refractivity (Wildman–Crippen MR) is 85.5 cm³/mol. The number of Topliss-reactive ketones (excluding diaryl/α,β-unsaturated/α-hetero) is 1. The van der Waals surface area contributed by atoms with Gasteiger partial charge in [0.2, 0.25) is 0 Å². The van der Waals surface area contributed by atoms with Gasteiger partial charge in [0.15, 0.2) is 5.78 Å². The minimum absolute atomic E-state index is 0.122. The van der Waals surface area contributed by atoms with Gasteiger partial charge in [-0.3, -0.25) is 9.59 Å². The quantitative estimate of drug-likeness (QED) is 0.631. The number of fused-ring (bicyclic) bond motifs is 1. The van der Waals surface area contributed by atoms with Gasteiger partial charge in [0.05, 0.1) is 6.42 Å². The van der Waals surface area contributed by atoms with Gasteiger partial charge in [-0.05, 0) is 17.7 Å². The normalized spacial score (nSPS) is 11.9. The van der Waals surface area contributed by atoms with Gasteiger partial charge in [-0.1, -0.05) is 48.0 Å². The molecule has 0 aliphatic rings. The van der Waals surface area contributed by atoms with E-state index in [2.05, 4.69) is 0 Å². The molecule has 0 aromatic heterocycles. The van der Waals surface area contributed by atoms with E-state index in [1.807, 2.05) is 30.3 Å². The minimum atomic E-state index is -1.31. The fourth-order valence-corrected chi connectivity index (χ4v) is 2.47. The molecule has 0 fully saturated rings. The summed E-state index contributed by atoms with van der Waals surface area (Å²) in [6.07, 6.45) is -0.729. The monoisotopic (exact) mass is 312 g/mol. The Hall–Kier alpha value is -2.95. The van der Waals surface area contributed by atoms with Gasteiger partial charge in [0.25, 0.3) is 0 Å². The molecular weight excluding hydrogens is 296 g/mol. The van der Waals surface area contributed by atoms with E-state index in [0.29, 0.717) is 5.56 Å². The zero-order valence-corrected chi connectivity index (χ0v) is 12.6. The molecule has 0 spiro atoms. The van der Waals surface area contributed by atoms with Gasteiger partial charge in [0, 0.05) is 17.6 Å². The largest absolute Gasteiger partial charge is 0.481 e. The Morgan fingerprint density at radius 3 is 2.22 bits per heavy atom. The van der Waals surface area contributed by atoms with E-state index in [-0.39, 0.29) is 23.4 Å². The number of rotatable bonds is 6. The Bertz CT molecular complexity index is 812. The summed E-state index contributed by atoms with van der Waals surface area (Å²) in [5.74, 6) is -2.78. The van der Waals surface area contributed by atoms with Crippen molar-refractivity contribution >= 4 is 28.5 Å². The van der Waals surface area contributed by atoms with Gasteiger partial charge in [-0.25, -0.2) is 4.79 Å². The molecule has 0 atom stereocenters. The Morgan fingerprint density at radius 2 is 1.57 bits per heavy atom. The molecule has 2 aromatic carbocycles. The zero-order chi connectivity index (χ0) is 17.0. The third-order valence-electron chi connectivity index (χ3n) is 3.62. The lowest BCUT2D eigenvalue weighted by atomic mass is 9.95. The van der Waals surface area contributed by atoms with Crippen LogP contribution in [0.15, 0.2) is 53.6 Å². The van der Waals surface area contributed by atoms with Crippen LogP contribution in [0.4, 0.5) is 0 Å². The number of allylic oxidation sites excluding steroid dienone is 1. The fourth-order valence-electron chi connectivity index (χ4n) is 2.47. The summed E-state index contributed by atoms with van der Waals surface area (Å²) in [6, 6.07) is 12.8. The molecule has 118 valence electrons. The number of hydrogen-bond donors (Lipinski definition) is 2. The molecule has 2 rings (SSSR count). The third kappa shape index (κ3) is 3.83. The van der Waals surface area contributed by atoms with Crippen LogP contribution in [0.1, 0.15) is 30.1 Å². The predicted octanol–water partition coefficient (Wildman–Crippen LogP) is 3.29. The number of hydrogen-bond acceptors (Lipinski definition) is 3. The Kier molecular flexibility index (Phi) is 4.91. The molecule has 23 heavy (non-hydrogen) atoms. The van der Waals surface area contributed by atoms with Gasteiger partial charge in [-0.2, -0.15) is 0 Å². The van der Waals surface area contributed by atoms with Crippen molar-refractivity contribution in [3.63, 3.8) is 0 Å². The SMILES string of the molecule is CC(CC(=O)c1cccc2ccccc12)=C(CC(=O)O)C(=O)O. The first-order valence-corrected chi connectivity index (χ1v) is 7.05. The summed E-state index contributed by atoms with van der Waals surface area (Å²) < 4.78 is 0. The number of ketones is 1. The number of aliphatic carboxylic acids is 2. The topological polar surface area (TPSA) is 91.7 Å². The molecule has 0 saturated heterocycles. The molecule has 2 N–H and O–H groups in total. The lowest BCUT2D eigenvalue weighted by molar-refractivity contribution is -0.139. The lowest BCUT2D eigenvalue weighted by Crippen LogP contribution is -2.11. The van der Waals surface area contributed by atoms with Crippen molar-refractivity contribution in [2.45, 2.75) is 19.8 Å². The maximum absolute atomic E-state index is 12.5. The van der Waals surface area contributed by atoms with Crippen molar-refractivity contribution in [2.75, 3.05) is 0 Å². The highest BCUT2D eigenvalue weighted by Gasteiger charge is 2.18. The van der Waals surface area contributed by atoms with Crippen LogP contribution >= 0.6 is 0 Å². The molecule has 0 heterocycles. The van der Waals surface area contributed by atoms with E-state index in [0.717, 1.165) is 10.8 Å². The van der Waals surface area contributed by atoms with Crippen molar-refractivity contribution < 1.29 is 24.6 Å². The highest BCUT2D eigenvalue weighted by Crippen LogP contribution is 2.22. The maximum atomic E-state index is 12.5. The van der Waals surface area contributed by atoms with Gasteiger partial charge in [-0.15, -0.1) is 0 Å². The maximum Gasteiger partial charge on any atom is 0.332 e. The van der Waals surface area contributed by atoms with Crippen molar-refractivity contribution in [1.29, 1.82) is 0 Å². The highest BCUT2D eigenvalue weighted by atomic mass is 16.4. The van der Waals surface area contributed by atoms with Crippen molar-refractivity contribution in [3.05, 3.63) is 59.2 Å². The Labute approximate surface area is 132 Å². The third-order valence-corrected chi connectivity index (χ3v) is 3.62. The molecule has 0 amide bonds. The van der Waals surface area contributed by atoms with E-state index < -0.39 is 18.4 Å². The van der Waals surface area contributed by atoms with Crippen LogP contribution in [0.2, 0.25) is 0 Å². The standard InChI is InChI=1S/C18H16O5/c1-11(15(18(22)23)10-17(20)21)9-16(19)14-8-4-6-12-5-2-3-7-13(12)14/h2-8H,9-10H2,1H3,(H,20,21)(H,22,23). The second-order valence-corrected chi connectivity index (χ2v) is 5.26. The van der Waals surface area contributed by atoms with Crippen molar-refractivity contribution in [2.24, 2.45) is 0 Å². The fraction of sp³-hybridized carbons (Fsp3) is 0.167. The molecule has 0 saturated carbocycles. The summed E-state index contributed by atoms with van der Waals surface area (Å²) >= 11 is 0. The molecule has 0 unspecified atom stereocenters. The molecule has 0 aliphatic heterocycles. The number of benzene rings is 2. The smallest absolute Gasteiger partial charge is 0.332 e. The minimum Gasteiger partial charge on any atom is -0.481 e. The second-order valence-electron chi connectivity index (χ2n) is 5.26. The van der Waals surface area contributed by atoms with Crippen LogP contribution in [0.3, 0.4) is 0 Å². The van der Waals surface area contributed by atoms with E-state index in [9.17, 15) is 14.4 Å². The van der Waals surface area contributed by atoms with Gasteiger partial charge in [0.1, 0.15) is 0 Å². The number of carboxylic acids is 2. The van der Waals surface area contributed by atoms with Crippen LogP contribution in [0.5, 0.6) is 0 Å². The van der Waals surface area contributed by atoms with E-state index >= 15 is 0 Å². The molecule has 5 nitrogen and oxygen atoms in total. The number of carbonyl (C=O) groups excluding carboxylic acids is 1. The van der Waals surface area contributed by atoms with Crippen LogP contribution in [0, 0.1) is 0 Å². The Morgan fingerprint density at radius 1 is 0.913 bits per heavy atom. The first-order valence-electron chi connectivity index (χ1n) is 7.05. The van der Waals surface area contributed by atoms with Crippen LogP contribution in [-0.2, 0) is 9.59 Å². The highest BCUT2D eigenvalue weighted by molar-refractivity contribution is 6.09. The summed E-state index contributed by atoms with van der Waals surface area (Å²) in [4.78, 5) is 34.4. The first-order chi connectivity index (χ1) is 10.9. The van der Waals surface area contributed by atoms with Crippen molar-refractivity contribution in [3.8, 4) is 0 Å². The molecule has 0 radical (unpaired) electrons. The van der Waals surface area contributed by atoms with E-state index in [1.165, 1.54) is 6.92 Å². The number of carbonyl (C=O) groups is 3. The van der Waals surface area contributed by atoms with Gasteiger partial charge < -0.3 is 10.2 Å². The molecular formula is C18H16O5. The summed E-state index contributed by atoms with van der Waals surface area (Å²) in [7, 11) is 0. The van der Waals surface area contributed by atoms with Crippen LogP contribution in [0.25, 0.3) is 10.8 Å². The lowest BCUT2D eigenvalue weighted by Gasteiger charge is -2.08. The van der Waals surface area contributed by atoms with Crippen molar-refractivity contribution in [1.82, 2.24) is 0 Å². The molecule has 5 heteroatoms. The van der Waals surface area contributed by atoms with Gasteiger partial charge >= 0.3 is 11.9 Å². The molecule has 0 bridgehead atoms. The Balaban J connectivity index is 2.36. The van der Waals surface area contributed by atoms with Crippen LogP contribution in [-0.4, -0.2) is 27.9 Å². The summed E-state index contributed by atoms with van der Waals surface area (Å²) in [6.45, 7) is 1.48. The van der Waals surface area contributed by atoms with E-state index in [1.54, 1.807) is 12.1 Å². The number of carboxylic acid groups (broad SMARTS) is 2. The molecule has 2 aromatic rings. The zero-order valence-electron chi connectivity index (χ0n) is 12.6. The average Bonchev–Trinajstić information content (AvgIpc) is 2.51.